The number of rotatable bonds is 9. The van der Waals surface area contributed by atoms with Gasteiger partial charge in [0.1, 0.15) is 6.10 Å². The zero-order chi connectivity index (χ0) is 20.4. The van der Waals surface area contributed by atoms with Crippen LogP contribution in [0.3, 0.4) is 0 Å². The van der Waals surface area contributed by atoms with Crippen LogP contribution in [0.4, 0.5) is 0 Å². The summed E-state index contributed by atoms with van der Waals surface area (Å²) >= 11 is 5.17. The summed E-state index contributed by atoms with van der Waals surface area (Å²) in [5, 5.41) is 23.5. The lowest BCUT2D eigenvalue weighted by atomic mass is 10.0. The van der Waals surface area contributed by atoms with Crippen molar-refractivity contribution in [3.05, 3.63) is 48.0 Å². The highest BCUT2D eigenvalue weighted by molar-refractivity contribution is 7.80. The van der Waals surface area contributed by atoms with E-state index in [-0.39, 0.29) is 18.2 Å². The second-order valence-electron chi connectivity index (χ2n) is 6.92. The third-order valence-corrected chi connectivity index (χ3v) is 4.96. The van der Waals surface area contributed by atoms with Crippen LogP contribution in [0.1, 0.15) is 38.2 Å². The molecule has 1 aromatic rings. The first-order chi connectivity index (χ1) is 13.5. The van der Waals surface area contributed by atoms with Crippen molar-refractivity contribution in [3.63, 3.8) is 0 Å². The summed E-state index contributed by atoms with van der Waals surface area (Å²) in [7, 11) is 0. The van der Waals surface area contributed by atoms with Crippen LogP contribution in [-0.4, -0.2) is 46.3 Å². The Bertz CT molecular complexity index is 651. The Morgan fingerprint density at radius 2 is 2.04 bits per heavy atom. The molecule has 0 spiro atoms. The number of aliphatic hydroxyl groups is 2. The Kier molecular flexibility index (Phi) is 9.40. The van der Waals surface area contributed by atoms with Crippen LogP contribution in [0.15, 0.2) is 42.5 Å². The van der Waals surface area contributed by atoms with E-state index in [1.807, 2.05) is 30.3 Å². The molecular formula is C21H29NO5S. The van der Waals surface area contributed by atoms with E-state index in [1.165, 1.54) is 6.08 Å². The molecule has 7 heteroatoms. The molecule has 1 aromatic carbocycles. The lowest BCUT2D eigenvalue weighted by Gasteiger charge is -2.23. The Morgan fingerprint density at radius 1 is 1.29 bits per heavy atom. The van der Waals surface area contributed by atoms with Gasteiger partial charge in [0.05, 0.1) is 24.7 Å². The molecule has 3 N–H and O–H groups in total. The van der Waals surface area contributed by atoms with Crippen molar-refractivity contribution in [3.8, 4) is 0 Å². The number of aliphatic hydroxyl groups excluding tert-OH is 2. The van der Waals surface area contributed by atoms with Crippen molar-refractivity contribution >= 4 is 23.4 Å². The van der Waals surface area contributed by atoms with Crippen LogP contribution in [-0.2, 0) is 20.8 Å². The highest BCUT2D eigenvalue weighted by atomic mass is 32.1. The van der Waals surface area contributed by atoms with E-state index in [4.69, 9.17) is 21.7 Å². The SMILES string of the molecule is CCCCC=CC(=O)OC1C(O)CC(O)C1COC(=S)NCc1ccccc1. The van der Waals surface area contributed by atoms with E-state index in [1.54, 1.807) is 6.08 Å². The zero-order valence-electron chi connectivity index (χ0n) is 16.1. The Morgan fingerprint density at radius 3 is 2.75 bits per heavy atom. The highest BCUT2D eigenvalue weighted by Gasteiger charge is 2.44. The van der Waals surface area contributed by atoms with Crippen molar-refractivity contribution in [1.29, 1.82) is 0 Å². The van der Waals surface area contributed by atoms with Gasteiger partial charge in [0.2, 0.25) is 0 Å². The van der Waals surface area contributed by atoms with Crippen molar-refractivity contribution < 1.29 is 24.5 Å². The number of allylic oxidation sites excluding steroid dienone is 1. The summed E-state index contributed by atoms with van der Waals surface area (Å²) in [6.45, 7) is 2.65. The van der Waals surface area contributed by atoms with Gasteiger partial charge < -0.3 is 25.0 Å². The molecule has 0 aromatic heterocycles. The lowest BCUT2D eigenvalue weighted by Crippen LogP contribution is -2.37. The number of carbonyl (C=O) groups is 1. The molecule has 0 saturated heterocycles. The molecule has 4 unspecified atom stereocenters. The first-order valence-electron chi connectivity index (χ1n) is 9.69. The molecule has 1 aliphatic rings. The second kappa shape index (κ2) is 11.8. The fourth-order valence-corrected chi connectivity index (χ4v) is 3.24. The van der Waals surface area contributed by atoms with E-state index in [9.17, 15) is 15.0 Å². The second-order valence-corrected chi connectivity index (χ2v) is 7.29. The predicted molar refractivity (Wildman–Crippen MR) is 110 cm³/mol. The summed E-state index contributed by atoms with van der Waals surface area (Å²) in [5.41, 5.74) is 1.06. The third kappa shape index (κ3) is 7.22. The van der Waals surface area contributed by atoms with Gasteiger partial charge in [-0.25, -0.2) is 4.79 Å². The molecule has 0 heterocycles. The van der Waals surface area contributed by atoms with E-state index in [0.29, 0.717) is 6.54 Å². The number of hydrogen-bond acceptors (Lipinski definition) is 6. The summed E-state index contributed by atoms with van der Waals surface area (Å²) in [6, 6.07) is 9.75. The molecule has 1 fully saturated rings. The minimum Gasteiger partial charge on any atom is -0.471 e. The fourth-order valence-electron chi connectivity index (χ4n) is 3.10. The van der Waals surface area contributed by atoms with Gasteiger partial charge in [-0.05, 0) is 24.2 Å². The van der Waals surface area contributed by atoms with Crippen molar-refractivity contribution in [2.24, 2.45) is 5.92 Å². The summed E-state index contributed by atoms with van der Waals surface area (Å²) < 4.78 is 10.9. The van der Waals surface area contributed by atoms with Crippen LogP contribution in [0.5, 0.6) is 0 Å². The molecule has 0 amide bonds. The molecule has 154 valence electrons. The van der Waals surface area contributed by atoms with Crippen LogP contribution in [0.2, 0.25) is 0 Å². The maximum Gasteiger partial charge on any atom is 0.330 e. The first kappa shape index (κ1) is 22.3. The molecule has 0 aliphatic heterocycles. The number of hydrogen-bond donors (Lipinski definition) is 3. The predicted octanol–water partition coefficient (Wildman–Crippen LogP) is 2.48. The topological polar surface area (TPSA) is 88.0 Å². The van der Waals surface area contributed by atoms with E-state index in [0.717, 1.165) is 24.8 Å². The molecule has 1 saturated carbocycles. The summed E-state index contributed by atoms with van der Waals surface area (Å²) in [5.74, 6) is -1.07. The monoisotopic (exact) mass is 407 g/mol. The number of unbranched alkanes of at least 4 members (excludes halogenated alkanes) is 2. The van der Waals surface area contributed by atoms with Gasteiger partial charge in [-0.2, -0.15) is 0 Å². The number of carbonyl (C=O) groups excluding carboxylic acids is 1. The van der Waals surface area contributed by atoms with Crippen LogP contribution in [0.25, 0.3) is 0 Å². The maximum atomic E-state index is 12.0. The number of thiocarbonyl (C=S) groups is 1. The number of benzene rings is 1. The minimum atomic E-state index is -0.928. The normalized spacial score (nSPS) is 24.2. The molecular weight excluding hydrogens is 378 g/mol. The quantitative estimate of drug-likeness (QED) is 0.251. The van der Waals surface area contributed by atoms with E-state index in [2.05, 4.69) is 12.2 Å². The van der Waals surface area contributed by atoms with Crippen molar-refractivity contribution in [1.82, 2.24) is 5.32 Å². The van der Waals surface area contributed by atoms with E-state index < -0.39 is 30.2 Å². The Hall–Kier alpha value is -1.96. The van der Waals surface area contributed by atoms with Gasteiger partial charge in [-0.3, -0.25) is 0 Å². The van der Waals surface area contributed by atoms with Gasteiger partial charge in [-0.15, -0.1) is 0 Å². The molecule has 4 atom stereocenters. The molecule has 2 rings (SSSR count). The fraction of sp³-hybridized carbons (Fsp3) is 0.524. The van der Waals surface area contributed by atoms with Gasteiger partial charge >= 0.3 is 5.97 Å². The average Bonchev–Trinajstić information content (AvgIpc) is 2.95. The van der Waals surface area contributed by atoms with Crippen LogP contribution >= 0.6 is 12.2 Å². The Balaban J connectivity index is 1.81. The number of nitrogens with one attached hydrogen (secondary N) is 1. The highest BCUT2D eigenvalue weighted by Crippen LogP contribution is 2.30. The molecule has 0 bridgehead atoms. The number of esters is 1. The molecule has 28 heavy (non-hydrogen) atoms. The molecule has 1 aliphatic carbocycles. The van der Waals surface area contributed by atoms with Crippen molar-refractivity contribution in [2.45, 2.75) is 57.5 Å². The van der Waals surface area contributed by atoms with E-state index >= 15 is 0 Å². The molecule has 0 radical (unpaired) electrons. The van der Waals surface area contributed by atoms with Gasteiger partial charge in [0.15, 0.2) is 0 Å². The lowest BCUT2D eigenvalue weighted by molar-refractivity contribution is -0.151. The first-order valence-corrected chi connectivity index (χ1v) is 10.1. The largest absolute Gasteiger partial charge is 0.471 e. The third-order valence-electron chi connectivity index (χ3n) is 4.70. The standard InChI is InChI=1S/C21H29NO5S/c1-2-3-4-8-11-19(25)27-20-16(17(23)12-18(20)24)14-26-21(28)22-13-15-9-6-5-7-10-15/h5-11,16-18,20,23-24H,2-4,12-14H2,1H3,(H,22,28). The Labute approximate surface area is 171 Å². The van der Waals surface area contributed by atoms with Gasteiger partial charge in [0.25, 0.3) is 5.17 Å². The summed E-state index contributed by atoms with van der Waals surface area (Å²) in [4.78, 5) is 12.0. The minimum absolute atomic E-state index is 0.0519. The molecule has 6 nitrogen and oxygen atoms in total. The van der Waals surface area contributed by atoms with Crippen LogP contribution in [0, 0.1) is 5.92 Å². The number of ether oxygens (including phenoxy) is 2. The van der Waals surface area contributed by atoms with Crippen molar-refractivity contribution in [2.75, 3.05) is 6.61 Å². The summed E-state index contributed by atoms with van der Waals surface area (Å²) in [6.07, 6.45) is 3.54. The van der Waals surface area contributed by atoms with Crippen LogP contribution < -0.4 is 5.32 Å². The zero-order valence-corrected chi connectivity index (χ0v) is 16.9. The smallest absolute Gasteiger partial charge is 0.330 e. The van der Waals surface area contributed by atoms with Gasteiger partial charge in [-0.1, -0.05) is 56.2 Å². The maximum absolute atomic E-state index is 12.0. The van der Waals surface area contributed by atoms with Gasteiger partial charge in [0, 0.05) is 19.0 Å². The average molecular weight is 408 g/mol.